The second-order valence-corrected chi connectivity index (χ2v) is 1.69. The van der Waals surface area contributed by atoms with Gasteiger partial charge in [-0.15, -0.1) is 5.10 Å². The Morgan fingerprint density at radius 3 is 2.45 bits per heavy atom. The molecule has 1 aromatic heterocycles. The van der Waals surface area contributed by atoms with Crippen molar-refractivity contribution in [3.05, 3.63) is 6.33 Å². The summed E-state index contributed by atoms with van der Waals surface area (Å²) in [6.07, 6.45) is 1.40. The van der Waals surface area contributed by atoms with Crippen LogP contribution >= 0.6 is 0 Å². The summed E-state index contributed by atoms with van der Waals surface area (Å²) >= 11 is 0. The van der Waals surface area contributed by atoms with Gasteiger partial charge >= 0.3 is 5.97 Å². The fourth-order valence-corrected chi connectivity index (χ4v) is 0.129. The molecule has 0 aliphatic heterocycles. The van der Waals surface area contributed by atoms with Crippen LogP contribution in [-0.2, 0) is 4.79 Å². The van der Waals surface area contributed by atoms with Crippen LogP contribution in [0, 0.1) is 0 Å². The van der Waals surface area contributed by atoms with Crippen LogP contribution in [0.2, 0.25) is 0 Å². The first-order valence-electron chi connectivity index (χ1n) is 2.80. The first kappa shape index (κ1) is 9.50. The predicted octanol–water partition coefficient (Wildman–Crippen LogP) is -1.38. The van der Waals surface area contributed by atoms with Gasteiger partial charge in [-0.2, -0.15) is 0 Å². The third kappa shape index (κ3) is 6.38. The Bertz CT molecular complexity index is 167. The van der Waals surface area contributed by atoms with E-state index in [4.69, 9.17) is 10.8 Å². The third-order valence-electron chi connectivity index (χ3n) is 0.659. The minimum Gasteiger partial charge on any atom is -0.480 e. The van der Waals surface area contributed by atoms with Crippen molar-refractivity contribution in [2.24, 2.45) is 5.73 Å². The first-order valence-corrected chi connectivity index (χ1v) is 2.80. The number of tetrazole rings is 1. The monoisotopic (exact) mass is 159 g/mol. The SMILES string of the molecule is C[C@H](N)C(=O)O.c1nnn[nH]1. The van der Waals surface area contributed by atoms with Crippen molar-refractivity contribution < 1.29 is 9.90 Å². The number of carboxylic acids is 1. The number of nitrogens with two attached hydrogens (primary N) is 1. The maximum Gasteiger partial charge on any atom is 0.320 e. The lowest BCUT2D eigenvalue weighted by molar-refractivity contribution is -0.138. The van der Waals surface area contributed by atoms with Gasteiger partial charge in [0.05, 0.1) is 0 Å². The molecule has 0 saturated heterocycles. The Kier molecular flexibility index (Phi) is 4.58. The number of H-pyrrole nitrogens is 1. The molecule has 4 N–H and O–H groups in total. The second kappa shape index (κ2) is 5.30. The van der Waals surface area contributed by atoms with Crippen LogP contribution in [0.3, 0.4) is 0 Å². The van der Waals surface area contributed by atoms with Crippen LogP contribution in [0.1, 0.15) is 6.92 Å². The molecule has 1 rings (SSSR count). The Hall–Kier alpha value is -1.50. The van der Waals surface area contributed by atoms with Crippen molar-refractivity contribution in [1.82, 2.24) is 20.6 Å². The number of carbonyl (C=O) groups is 1. The largest absolute Gasteiger partial charge is 0.480 e. The molecule has 0 fully saturated rings. The summed E-state index contributed by atoms with van der Waals surface area (Å²) in [5.74, 6) is -0.963. The fourth-order valence-electron chi connectivity index (χ4n) is 0.129. The Morgan fingerprint density at radius 2 is 2.36 bits per heavy atom. The van der Waals surface area contributed by atoms with Gasteiger partial charge < -0.3 is 10.8 Å². The van der Waals surface area contributed by atoms with E-state index < -0.39 is 12.0 Å². The van der Waals surface area contributed by atoms with E-state index in [1.165, 1.54) is 13.3 Å². The van der Waals surface area contributed by atoms with Crippen LogP contribution < -0.4 is 5.73 Å². The van der Waals surface area contributed by atoms with Crippen molar-refractivity contribution in [3.63, 3.8) is 0 Å². The molecule has 62 valence electrons. The molecule has 0 aromatic carbocycles. The van der Waals surface area contributed by atoms with E-state index in [1.807, 2.05) is 0 Å². The van der Waals surface area contributed by atoms with Gasteiger partial charge in [0, 0.05) is 0 Å². The molecule has 0 aliphatic rings. The molecule has 1 atom stereocenters. The maximum absolute atomic E-state index is 9.57. The number of nitrogens with zero attached hydrogens (tertiary/aromatic N) is 3. The van der Waals surface area contributed by atoms with E-state index >= 15 is 0 Å². The lowest BCUT2D eigenvalue weighted by atomic mass is 10.4. The summed E-state index contributed by atoms with van der Waals surface area (Å²) in [5, 5.41) is 20.0. The van der Waals surface area contributed by atoms with Gasteiger partial charge in [-0.25, -0.2) is 5.10 Å². The van der Waals surface area contributed by atoms with Crippen molar-refractivity contribution in [2.75, 3.05) is 0 Å². The molecule has 1 heterocycles. The third-order valence-corrected chi connectivity index (χ3v) is 0.659. The molecule has 0 saturated carbocycles. The Balaban J connectivity index is 0.000000183. The van der Waals surface area contributed by atoms with E-state index in [0.29, 0.717) is 0 Å². The van der Waals surface area contributed by atoms with Gasteiger partial charge in [-0.3, -0.25) is 4.79 Å². The predicted molar refractivity (Wildman–Crippen MR) is 35.5 cm³/mol. The molecule has 0 amide bonds. The average Bonchev–Trinajstić information content (AvgIpc) is 2.41. The molecule has 11 heavy (non-hydrogen) atoms. The number of carboxylic acid groups (broad SMARTS) is 1. The number of hydrogen-bond donors (Lipinski definition) is 3. The van der Waals surface area contributed by atoms with E-state index in [-0.39, 0.29) is 0 Å². The molecule has 0 aliphatic carbocycles. The summed E-state index contributed by atoms with van der Waals surface area (Å²) in [6, 6.07) is -0.731. The lowest BCUT2D eigenvalue weighted by Gasteiger charge is -1.90. The number of aliphatic carboxylic acids is 1. The zero-order valence-corrected chi connectivity index (χ0v) is 5.93. The molecule has 7 heteroatoms. The summed E-state index contributed by atoms with van der Waals surface area (Å²) in [7, 11) is 0. The van der Waals surface area contributed by atoms with Crippen molar-refractivity contribution in [1.29, 1.82) is 0 Å². The zero-order chi connectivity index (χ0) is 8.69. The van der Waals surface area contributed by atoms with Crippen LogP contribution in [-0.4, -0.2) is 37.7 Å². The van der Waals surface area contributed by atoms with Crippen molar-refractivity contribution >= 4 is 5.97 Å². The van der Waals surface area contributed by atoms with Gasteiger partial charge in [-0.05, 0) is 17.4 Å². The highest BCUT2D eigenvalue weighted by molar-refractivity contribution is 5.72. The number of aromatic nitrogens is 4. The van der Waals surface area contributed by atoms with E-state index in [0.717, 1.165) is 0 Å². The lowest BCUT2D eigenvalue weighted by Crippen LogP contribution is -2.25. The summed E-state index contributed by atoms with van der Waals surface area (Å²) in [6.45, 7) is 1.42. The van der Waals surface area contributed by atoms with E-state index in [1.54, 1.807) is 0 Å². The number of aromatic amines is 1. The first-order chi connectivity index (χ1) is 5.14. The fraction of sp³-hybridized carbons (Fsp3) is 0.500. The Labute approximate surface area is 62.6 Å². The van der Waals surface area contributed by atoms with Gasteiger partial charge in [-0.1, -0.05) is 0 Å². The van der Waals surface area contributed by atoms with Gasteiger partial charge in [0.1, 0.15) is 12.4 Å². The minimum atomic E-state index is -0.963. The normalized spacial score (nSPS) is 11.1. The number of nitrogens with one attached hydrogen (secondary N) is 1. The minimum absolute atomic E-state index is 0.731. The summed E-state index contributed by atoms with van der Waals surface area (Å²) < 4.78 is 0. The van der Waals surface area contributed by atoms with Gasteiger partial charge in [0.15, 0.2) is 0 Å². The Morgan fingerprint density at radius 1 is 1.82 bits per heavy atom. The van der Waals surface area contributed by atoms with Gasteiger partial charge in [0.25, 0.3) is 0 Å². The molecule has 0 radical (unpaired) electrons. The van der Waals surface area contributed by atoms with Crippen LogP contribution in [0.25, 0.3) is 0 Å². The molecule has 7 nitrogen and oxygen atoms in total. The maximum atomic E-state index is 9.57. The molecular formula is C4H9N5O2. The van der Waals surface area contributed by atoms with Crippen molar-refractivity contribution in [3.8, 4) is 0 Å². The quantitative estimate of drug-likeness (QED) is 0.464. The molecule has 1 aromatic rings. The highest BCUT2D eigenvalue weighted by Gasteiger charge is 1.99. The van der Waals surface area contributed by atoms with E-state index in [2.05, 4.69) is 20.6 Å². The average molecular weight is 159 g/mol. The molecule has 0 bridgehead atoms. The molecule has 0 unspecified atom stereocenters. The highest BCUT2D eigenvalue weighted by Crippen LogP contribution is 1.68. The van der Waals surface area contributed by atoms with E-state index in [9.17, 15) is 4.79 Å². The van der Waals surface area contributed by atoms with Gasteiger partial charge in [0.2, 0.25) is 0 Å². The summed E-state index contributed by atoms with van der Waals surface area (Å²) in [5.41, 5.74) is 4.84. The van der Waals surface area contributed by atoms with Crippen LogP contribution in [0.5, 0.6) is 0 Å². The van der Waals surface area contributed by atoms with Crippen molar-refractivity contribution in [2.45, 2.75) is 13.0 Å². The standard InChI is InChI=1S/C3H7NO2.CH2N4/c1-2(4)3(5)6;1-2-4-5-3-1/h2H,4H2,1H3,(H,5,6);1H,(H,2,3,4,5)/t2-;/m0./s1. The number of rotatable bonds is 1. The smallest absolute Gasteiger partial charge is 0.320 e. The van der Waals surface area contributed by atoms with Crippen LogP contribution in [0.4, 0.5) is 0 Å². The number of hydrogen-bond acceptors (Lipinski definition) is 5. The topological polar surface area (TPSA) is 118 Å². The summed E-state index contributed by atoms with van der Waals surface area (Å²) in [4.78, 5) is 9.57. The molecule has 0 spiro atoms. The van der Waals surface area contributed by atoms with Crippen LogP contribution in [0.15, 0.2) is 6.33 Å². The zero-order valence-electron chi connectivity index (χ0n) is 5.93. The highest BCUT2D eigenvalue weighted by atomic mass is 16.4. The second-order valence-electron chi connectivity index (χ2n) is 1.69. The molecular weight excluding hydrogens is 150 g/mol.